The van der Waals surface area contributed by atoms with Gasteiger partial charge in [-0.3, -0.25) is 8.97 Å². The molecular formula is C39H25N3. The van der Waals surface area contributed by atoms with Crippen LogP contribution in [0.4, 0.5) is 0 Å². The van der Waals surface area contributed by atoms with Crippen molar-refractivity contribution in [3.8, 4) is 27.9 Å². The van der Waals surface area contributed by atoms with Gasteiger partial charge in [-0.15, -0.1) is 0 Å². The molecule has 0 saturated carbocycles. The summed E-state index contributed by atoms with van der Waals surface area (Å²) in [7, 11) is 0. The van der Waals surface area contributed by atoms with E-state index in [1.54, 1.807) is 0 Å². The fourth-order valence-corrected chi connectivity index (χ4v) is 6.61. The fourth-order valence-electron chi connectivity index (χ4n) is 6.61. The van der Waals surface area contributed by atoms with Crippen molar-refractivity contribution in [2.24, 2.45) is 0 Å². The van der Waals surface area contributed by atoms with Crippen LogP contribution in [0, 0.1) is 0 Å². The summed E-state index contributed by atoms with van der Waals surface area (Å²) in [5.41, 5.74) is 11.2. The maximum absolute atomic E-state index is 5.44. The first-order valence-electron chi connectivity index (χ1n) is 14.3. The van der Waals surface area contributed by atoms with Gasteiger partial charge >= 0.3 is 0 Å². The first-order chi connectivity index (χ1) is 20.8. The molecule has 3 heteroatoms. The molecule has 0 radical (unpaired) electrons. The number of imidazole rings is 1. The topological polar surface area (TPSA) is 22.2 Å². The van der Waals surface area contributed by atoms with E-state index >= 15 is 0 Å². The van der Waals surface area contributed by atoms with Gasteiger partial charge in [0.1, 0.15) is 11.2 Å². The van der Waals surface area contributed by atoms with E-state index in [9.17, 15) is 0 Å². The van der Waals surface area contributed by atoms with Gasteiger partial charge in [0.15, 0.2) is 5.65 Å². The Morgan fingerprint density at radius 2 is 0.905 bits per heavy atom. The monoisotopic (exact) mass is 535 g/mol. The number of para-hydroxylation sites is 2. The van der Waals surface area contributed by atoms with E-state index in [0.717, 1.165) is 33.4 Å². The van der Waals surface area contributed by atoms with E-state index in [4.69, 9.17) is 4.98 Å². The Morgan fingerprint density at radius 3 is 1.57 bits per heavy atom. The molecule has 3 nitrogen and oxygen atoms in total. The van der Waals surface area contributed by atoms with Crippen LogP contribution in [0.1, 0.15) is 0 Å². The van der Waals surface area contributed by atoms with E-state index in [1.165, 1.54) is 43.9 Å². The van der Waals surface area contributed by atoms with Gasteiger partial charge in [-0.1, -0.05) is 121 Å². The van der Waals surface area contributed by atoms with Gasteiger partial charge in [0.25, 0.3) is 0 Å². The predicted molar refractivity (Wildman–Crippen MR) is 175 cm³/mol. The van der Waals surface area contributed by atoms with Crippen molar-refractivity contribution in [2.45, 2.75) is 0 Å². The van der Waals surface area contributed by atoms with Crippen molar-refractivity contribution in [3.05, 3.63) is 152 Å². The van der Waals surface area contributed by atoms with Crippen molar-refractivity contribution in [2.75, 3.05) is 0 Å². The zero-order valence-corrected chi connectivity index (χ0v) is 22.8. The molecule has 9 aromatic rings. The van der Waals surface area contributed by atoms with Gasteiger partial charge in [0, 0.05) is 21.8 Å². The molecule has 0 unspecified atom stereocenters. The van der Waals surface area contributed by atoms with Crippen molar-refractivity contribution < 1.29 is 0 Å². The Balaban J connectivity index is 1.45. The van der Waals surface area contributed by atoms with Crippen LogP contribution in [0.5, 0.6) is 0 Å². The average Bonchev–Trinajstić information content (AvgIpc) is 3.61. The smallest absolute Gasteiger partial charge is 0.165 e. The Bertz CT molecular complexity index is 2390. The molecule has 0 aliphatic heterocycles. The predicted octanol–water partition coefficient (Wildman–Crippen LogP) is 10.1. The van der Waals surface area contributed by atoms with Gasteiger partial charge in [-0.25, -0.2) is 4.98 Å². The highest BCUT2D eigenvalue weighted by molar-refractivity contribution is 6.17. The second-order valence-corrected chi connectivity index (χ2v) is 10.9. The average molecular weight is 536 g/mol. The molecule has 0 atom stereocenters. The van der Waals surface area contributed by atoms with Crippen molar-refractivity contribution in [3.63, 3.8) is 0 Å². The number of fused-ring (bicyclic) bond motifs is 10. The van der Waals surface area contributed by atoms with Crippen LogP contribution in [-0.2, 0) is 0 Å². The van der Waals surface area contributed by atoms with E-state index in [2.05, 4.69) is 161 Å². The van der Waals surface area contributed by atoms with E-state index < -0.39 is 0 Å². The van der Waals surface area contributed by atoms with Gasteiger partial charge < -0.3 is 0 Å². The second kappa shape index (κ2) is 8.92. The van der Waals surface area contributed by atoms with Crippen LogP contribution in [0.15, 0.2) is 152 Å². The van der Waals surface area contributed by atoms with Crippen molar-refractivity contribution in [1.82, 2.24) is 14.0 Å². The Morgan fingerprint density at radius 1 is 0.381 bits per heavy atom. The first kappa shape index (κ1) is 23.1. The van der Waals surface area contributed by atoms with Crippen molar-refractivity contribution >= 4 is 49.4 Å². The summed E-state index contributed by atoms with van der Waals surface area (Å²) in [5.74, 6) is 0. The van der Waals surface area contributed by atoms with Crippen LogP contribution in [0.25, 0.3) is 77.3 Å². The molecule has 0 fully saturated rings. The van der Waals surface area contributed by atoms with Crippen LogP contribution in [0.2, 0.25) is 0 Å². The fraction of sp³-hybridized carbons (Fsp3) is 0. The minimum absolute atomic E-state index is 0.960. The number of rotatable bonds is 3. The lowest BCUT2D eigenvalue weighted by Crippen LogP contribution is -1.96. The molecule has 0 bridgehead atoms. The normalized spacial score (nSPS) is 11.8. The molecule has 3 aromatic heterocycles. The minimum Gasteiger partial charge on any atom is -0.292 e. The number of nitrogens with zero attached hydrogens (tertiary/aromatic N) is 3. The van der Waals surface area contributed by atoms with E-state index in [-0.39, 0.29) is 0 Å². The molecule has 42 heavy (non-hydrogen) atoms. The maximum atomic E-state index is 5.44. The molecule has 3 heterocycles. The number of hydrogen-bond acceptors (Lipinski definition) is 1. The Kier molecular flexibility index (Phi) is 4.90. The molecule has 6 aromatic carbocycles. The molecule has 0 N–H and O–H groups in total. The molecule has 9 rings (SSSR count). The van der Waals surface area contributed by atoms with Gasteiger partial charge in [0.05, 0.1) is 11.0 Å². The SMILES string of the molecule is c1ccc(-c2cc(-c3ccccc3)cc(-n3c4ccccc4c4c3nc3c5ccccc5c5ccccc5n34)c2)cc1. The number of pyridine rings is 1. The minimum atomic E-state index is 0.960. The zero-order chi connectivity index (χ0) is 27.6. The third kappa shape index (κ3) is 3.31. The third-order valence-corrected chi connectivity index (χ3v) is 8.46. The first-order valence-corrected chi connectivity index (χ1v) is 14.3. The van der Waals surface area contributed by atoms with Crippen LogP contribution in [-0.4, -0.2) is 14.0 Å². The van der Waals surface area contributed by atoms with Crippen molar-refractivity contribution in [1.29, 1.82) is 0 Å². The molecule has 0 aliphatic carbocycles. The lowest BCUT2D eigenvalue weighted by molar-refractivity contribution is 1.15. The Hall–Kier alpha value is -5.67. The number of hydrogen-bond donors (Lipinski definition) is 0. The summed E-state index contributed by atoms with van der Waals surface area (Å²) in [4.78, 5) is 5.44. The number of aromatic nitrogens is 3. The third-order valence-electron chi connectivity index (χ3n) is 8.46. The molecular weight excluding hydrogens is 510 g/mol. The summed E-state index contributed by atoms with van der Waals surface area (Å²) in [6.45, 7) is 0. The Labute approximate surface area is 242 Å². The summed E-state index contributed by atoms with van der Waals surface area (Å²) in [6, 6.07) is 54.2. The zero-order valence-electron chi connectivity index (χ0n) is 22.8. The highest BCUT2D eigenvalue weighted by Crippen LogP contribution is 2.39. The molecule has 0 amide bonds. The summed E-state index contributed by atoms with van der Waals surface area (Å²) >= 11 is 0. The lowest BCUT2D eigenvalue weighted by Gasteiger charge is -2.13. The molecule has 0 saturated heterocycles. The van der Waals surface area contributed by atoms with Gasteiger partial charge in [-0.2, -0.15) is 0 Å². The quantitative estimate of drug-likeness (QED) is 0.206. The number of benzene rings is 6. The molecule has 0 spiro atoms. The standard InChI is InChI=1S/C39H25N3/c1-3-13-26(14-4-1)28-23-29(27-15-5-2-6-16-27)25-30(24-28)41-36-22-12-10-20-34(36)37-39(41)40-38-33-19-8-7-17-31(33)32-18-9-11-21-35(32)42(37)38/h1-25H. The second-order valence-electron chi connectivity index (χ2n) is 10.9. The van der Waals surface area contributed by atoms with Crippen LogP contribution < -0.4 is 0 Å². The van der Waals surface area contributed by atoms with Gasteiger partial charge in [-0.05, 0) is 58.0 Å². The lowest BCUT2D eigenvalue weighted by atomic mass is 9.98. The highest BCUT2D eigenvalue weighted by Gasteiger charge is 2.21. The largest absolute Gasteiger partial charge is 0.292 e. The summed E-state index contributed by atoms with van der Waals surface area (Å²) in [6.07, 6.45) is 0. The maximum Gasteiger partial charge on any atom is 0.165 e. The van der Waals surface area contributed by atoms with E-state index in [1.807, 2.05) is 0 Å². The highest BCUT2D eigenvalue weighted by atomic mass is 15.1. The molecule has 196 valence electrons. The summed E-state index contributed by atoms with van der Waals surface area (Å²) in [5, 5.41) is 4.80. The summed E-state index contributed by atoms with van der Waals surface area (Å²) < 4.78 is 4.71. The van der Waals surface area contributed by atoms with E-state index in [0.29, 0.717) is 0 Å². The van der Waals surface area contributed by atoms with Crippen LogP contribution in [0.3, 0.4) is 0 Å². The molecule has 0 aliphatic rings. The van der Waals surface area contributed by atoms with Crippen LogP contribution >= 0.6 is 0 Å². The van der Waals surface area contributed by atoms with Gasteiger partial charge in [0.2, 0.25) is 0 Å².